The second-order valence-corrected chi connectivity index (χ2v) is 7.74. The number of hydrogen-bond acceptors (Lipinski definition) is 4. The van der Waals surface area contributed by atoms with Gasteiger partial charge in [-0.25, -0.2) is 9.78 Å². The number of aromatic nitrogens is 1. The van der Waals surface area contributed by atoms with Crippen molar-refractivity contribution in [2.75, 3.05) is 5.32 Å². The quantitative estimate of drug-likeness (QED) is 0.764. The third kappa shape index (κ3) is 5.81. The lowest BCUT2D eigenvalue weighted by Gasteiger charge is -2.19. The van der Waals surface area contributed by atoms with E-state index in [1.165, 1.54) is 0 Å². The van der Waals surface area contributed by atoms with Crippen LogP contribution >= 0.6 is 11.3 Å². The highest BCUT2D eigenvalue weighted by molar-refractivity contribution is 7.10. The van der Waals surface area contributed by atoms with Gasteiger partial charge in [0.05, 0.1) is 5.69 Å². The van der Waals surface area contributed by atoms with Crippen molar-refractivity contribution in [3.63, 3.8) is 0 Å². The van der Waals surface area contributed by atoms with Crippen molar-refractivity contribution in [3.05, 3.63) is 45.9 Å². The molecule has 0 aliphatic rings. The van der Waals surface area contributed by atoms with Crippen molar-refractivity contribution in [3.8, 4) is 0 Å². The zero-order chi connectivity index (χ0) is 17.7. The van der Waals surface area contributed by atoms with Gasteiger partial charge in [0, 0.05) is 11.1 Å². The molecule has 0 saturated carbocycles. The molecule has 5 heteroatoms. The van der Waals surface area contributed by atoms with E-state index >= 15 is 0 Å². The first-order valence-electron chi connectivity index (χ1n) is 7.96. The van der Waals surface area contributed by atoms with Crippen LogP contribution in [0, 0.1) is 0 Å². The summed E-state index contributed by atoms with van der Waals surface area (Å²) in [6.45, 7) is 9.78. The summed E-state index contributed by atoms with van der Waals surface area (Å²) in [7, 11) is 0. The van der Waals surface area contributed by atoms with Crippen LogP contribution < -0.4 is 5.32 Å². The molecule has 0 fully saturated rings. The Morgan fingerprint density at radius 2 is 2.04 bits per heavy atom. The Morgan fingerprint density at radius 3 is 2.67 bits per heavy atom. The third-order valence-electron chi connectivity index (χ3n) is 3.08. The Hall–Kier alpha value is -2.14. The number of ether oxygens (including phenoxy) is 1. The molecule has 0 aliphatic carbocycles. The standard InChI is InChI=1S/C19H24N2O2S/c1-13(2)16-12-24-17(21-16)10-9-14-7-6-8-15(11-14)20-18(22)23-19(3,4)5/h6-13H,1-5H3,(H,20,22). The van der Waals surface area contributed by atoms with E-state index in [0.29, 0.717) is 11.6 Å². The normalized spacial score (nSPS) is 11.9. The first-order valence-corrected chi connectivity index (χ1v) is 8.84. The van der Waals surface area contributed by atoms with Gasteiger partial charge in [-0.1, -0.05) is 32.1 Å². The molecule has 1 N–H and O–H groups in total. The molecule has 0 radical (unpaired) electrons. The van der Waals surface area contributed by atoms with Crippen molar-refractivity contribution in [2.45, 2.75) is 46.1 Å². The van der Waals surface area contributed by atoms with E-state index in [9.17, 15) is 4.79 Å². The molecule has 1 amide bonds. The van der Waals surface area contributed by atoms with Crippen LogP contribution in [0.1, 0.15) is 56.8 Å². The van der Waals surface area contributed by atoms with E-state index < -0.39 is 11.7 Å². The second-order valence-electron chi connectivity index (χ2n) is 6.85. The highest BCUT2D eigenvalue weighted by Crippen LogP contribution is 2.20. The molecule has 128 valence electrons. The van der Waals surface area contributed by atoms with E-state index in [-0.39, 0.29) is 0 Å². The first-order chi connectivity index (χ1) is 11.2. The number of carbonyl (C=O) groups is 1. The highest BCUT2D eigenvalue weighted by Gasteiger charge is 2.16. The summed E-state index contributed by atoms with van der Waals surface area (Å²) in [5, 5.41) is 5.81. The van der Waals surface area contributed by atoms with Crippen LogP contribution in [0.5, 0.6) is 0 Å². The fraction of sp³-hybridized carbons (Fsp3) is 0.368. The molecule has 0 saturated heterocycles. The molecular formula is C19H24N2O2S. The minimum absolute atomic E-state index is 0.435. The molecular weight excluding hydrogens is 320 g/mol. The number of anilines is 1. The molecule has 0 spiro atoms. The predicted octanol–water partition coefficient (Wildman–Crippen LogP) is 5.78. The number of nitrogens with one attached hydrogen (secondary N) is 1. The Morgan fingerprint density at radius 1 is 1.29 bits per heavy atom. The SMILES string of the molecule is CC(C)c1csc(C=Cc2cccc(NC(=O)OC(C)(C)C)c2)n1. The van der Waals surface area contributed by atoms with Gasteiger partial charge in [0.15, 0.2) is 0 Å². The van der Waals surface area contributed by atoms with Crippen LogP contribution in [0.3, 0.4) is 0 Å². The average Bonchev–Trinajstić information content (AvgIpc) is 2.92. The molecule has 1 heterocycles. The van der Waals surface area contributed by atoms with Crippen molar-refractivity contribution >= 4 is 35.3 Å². The zero-order valence-electron chi connectivity index (χ0n) is 14.8. The summed E-state index contributed by atoms with van der Waals surface area (Å²) in [6, 6.07) is 7.61. The minimum atomic E-state index is -0.513. The third-order valence-corrected chi connectivity index (χ3v) is 3.91. The molecule has 1 aromatic carbocycles. The van der Waals surface area contributed by atoms with E-state index in [4.69, 9.17) is 4.74 Å². The first kappa shape index (κ1) is 18.2. The van der Waals surface area contributed by atoms with E-state index in [1.54, 1.807) is 11.3 Å². The number of benzene rings is 1. The fourth-order valence-electron chi connectivity index (χ4n) is 1.95. The zero-order valence-corrected chi connectivity index (χ0v) is 15.6. The molecule has 24 heavy (non-hydrogen) atoms. The lowest BCUT2D eigenvalue weighted by atomic mass is 10.1. The number of hydrogen-bond donors (Lipinski definition) is 1. The molecule has 0 unspecified atom stereocenters. The van der Waals surface area contributed by atoms with Crippen LogP contribution in [-0.4, -0.2) is 16.7 Å². The molecule has 1 aromatic heterocycles. The van der Waals surface area contributed by atoms with Gasteiger partial charge in [0.2, 0.25) is 0 Å². The van der Waals surface area contributed by atoms with Gasteiger partial charge in [-0.05, 0) is 50.5 Å². The van der Waals surface area contributed by atoms with Gasteiger partial charge in [-0.15, -0.1) is 11.3 Å². The molecule has 2 aromatic rings. The summed E-state index contributed by atoms with van der Waals surface area (Å²) in [6.07, 6.45) is 3.52. The van der Waals surface area contributed by atoms with Crippen molar-refractivity contribution in [1.82, 2.24) is 4.98 Å². The van der Waals surface area contributed by atoms with Gasteiger partial charge in [-0.2, -0.15) is 0 Å². The maximum absolute atomic E-state index is 11.8. The number of carbonyl (C=O) groups excluding carboxylic acids is 1. The minimum Gasteiger partial charge on any atom is -0.444 e. The Bertz CT molecular complexity index is 727. The van der Waals surface area contributed by atoms with Crippen LogP contribution in [0.15, 0.2) is 29.6 Å². The molecule has 0 bridgehead atoms. The van der Waals surface area contributed by atoms with Gasteiger partial charge >= 0.3 is 6.09 Å². The van der Waals surface area contributed by atoms with Gasteiger partial charge in [0.25, 0.3) is 0 Å². The summed E-state index contributed by atoms with van der Waals surface area (Å²) in [5.74, 6) is 0.435. The summed E-state index contributed by atoms with van der Waals surface area (Å²) < 4.78 is 5.26. The van der Waals surface area contributed by atoms with Crippen molar-refractivity contribution < 1.29 is 9.53 Å². The molecule has 0 atom stereocenters. The summed E-state index contributed by atoms with van der Waals surface area (Å²) in [4.78, 5) is 16.4. The Kier molecular flexibility index (Phi) is 5.78. The predicted molar refractivity (Wildman–Crippen MR) is 101 cm³/mol. The highest BCUT2D eigenvalue weighted by atomic mass is 32.1. The van der Waals surface area contributed by atoms with E-state index in [2.05, 4.69) is 29.5 Å². The van der Waals surface area contributed by atoms with E-state index in [0.717, 1.165) is 16.3 Å². The number of amides is 1. The van der Waals surface area contributed by atoms with Crippen LogP contribution in [0.25, 0.3) is 12.2 Å². The average molecular weight is 344 g/mol. The lowest BCUT2D eigenvalue weighted by molar-refractivity contribution is 0.0636. The van der Waals surface area contributed by atoms with Crippen LogP contribution in [0.2, 0.25) is 0 Å². The maximum atomic E-state index is 11.8. The monoisotopic (exact) mass is 344 g/mol. The lowest BCUT2D eigenvalue weighted by Crippen LogP contribution is -2.27. The van der Waals surface area contributed by atoms with Crippen LogP contribution in [-0.2, 0) is 4.74 Å². The molecule has 2 rings (SSSR count). The topological polar surface area (TPSA) is 51.2 Å². The smallest absolute Gasteiger partial charge is 0.412 e. The summed E-state index contributed by atoms with van der Waals surface area (Å²) in [5.41, 5.74) is 2.29. The fourth-order valence-corrected chi connectivity index (χ4v) is 2.82. The van der Waals surface area contributed by atoms with E-state index in [1.807, 2.05) is 57.2 Å². The Labute approximate surface area is 147 Å². The number of rotatable bonds is 4. The number of nitrogens with zero attached hydrogens (tertiary/aromatic N) is 1. The largest absolute Gasteiger partial charge is 0.444 e. The second kappa shape index (κ2) is 7.62. The molecule has 4 nitrogen and oxygen atoms in total. The van der Waals surface area contributed by atoms with Gasteiger partial charge in [-0.3, -0.25) is 5.32 Å². The molecule has 0 aliphatic heterocycles. The number of thiazole rings is 1. The Balaban J connectivity index is 2.04. The maximum Gasteiger partial charge on any atom is 0.412 e. The van der Waals surface area contributed by atoms with Gasteiger partial charge < -0.3 is 4.74 Å². The van der Waals surface area contributed by atoms with Crippen LogP contribution in [0.4, 0.5) is 10.5 Å². The van der Waals surface area contributed by atoms with Crippen molar-refractivity contribution in [2.24, 2.45) is 0 Å². The van der Waals surface area contributed by atoms with Crippen molar-refractivity contribution in [1.29, 1.82) is 0 Å². The van der Waals surface area contributed by atoms with Gasteiger partial charge in [0.1, 0.15) is 10.6 Å². The summed E-state index contributed by atoms with van der Waals surface area (Å²) >= 11 is 1.63.